The molecule has 150 valence electrons. The van der Waals surface area contributed by atoms with Crippen molar-refractivity contribution in [3.8, 4) is 0 Å². The van der Waals surface area contributed by atoms with Crippen LogP contribution in [0.15, 0.2) is 47.4 Å². The van der Waals surface area contributed by atoms with Crippen molar-refractivity contribution in [2.24, 2.45) is 5.92 Å². The number of carboxylic acid groups (broad SMARTS) is 1. The third-order valence-electron chi connectivity index (χ3n) is 5.09. The maximum absolute atomic E-state index is 12.2. The first-order valence-electron chi connectivity index (χ1n) is 9.39. The largest absolute Gasteiger partial charge is 1.00 e. The monoisotopic (exact) mass is 443 g/mol. The predicted molar refractivity (Wildman–Crippen MR) is 107 cm³/mol. The van der Waals surface area contributed by atoms with Crippen LogP contribution in [0.25, 0.3) is 0 Å². The molecule has 1 aliphatic rings. The number of benzene rings is 2. The van der Waals surface area contributed by atoms with Gasteiger partial charge in [0, 0.05) is 24.0 Å². The molecule has 0 aliphatic heterocycles. The number of carbonyl (C=O) groups is 1. The molecule has 0 saturated heterocycles. The van der Waals surface area contributed by atoms with Crippen LogP contribution in [0, 0.1) is 5.92 Å². The van der Waals surface area contributed by atoms with Crippen molar-refractivity contribution in [1.29, 1.82) is 0 Å². The second-order valence-corrected chi connectivity index (χ2v) is 9.48. The van der Waals surface area contributed by atoms with E-state index in [9.17, 15) is 18.3 Å². The summed E-state index contributed by atoms with van der Waals surface area (Å²) in [6.45, 7) is 0.403. The van der Waals surface area contributed by atoms with Crippen LogP contribution < -0.4 is 39.4 Å². The quantitative estimate of drug-likeness (QED) is 0.418. The van der Waals surface area contributed by atoms with Crippen LogP contribution in [0.1, 0.15) is 36.0 Å². The third-order valence-corrected chi connectivity index (χ3v) is 6.82. The predicted octanol–water partition coefficient (Wildman–Crippen LogP) is -0.500. The first-order chi connectivity index (χ1) is 13.3. The molecule has 1 aliphatic carbocycles. The molecule has 0 amide bonds. The van der Waals surface area contributed by atoms with Crippen LogP contribution in [0.2, 0.25) is 5.02 Å². The average Bonchev–Trinajstić information content (AvgIpc) is 3.03. The molecule has 0 spiro atoms. The molecule has 3 rings (SSSR count). The number of unbranched alkanes of at least 4 members (excludes halogenated alkanes) is 1. The number of rotatable bonds is 9. The summed E-state index contributed by atoms with van der Waals surface area (Å²) in [5.74, 6) is -0.531. The zero-order valence-electron chi connectivity index (χ0n) is 16.5. The normalized spacial score (nSPS) is 15.6. The van der Waals surface area contributed by atoms with Crippen molar-refractivity contribution in [2.45, 2.75) is 43.4 Å². The minimum atomic E-state index is -3.50. The second kappa shape index (κ2) is 10.9. The fourth-order valence-electron chi connectivity index (χ4n) is 3.70. The topological polar surface area (TPSA) is 86.3 Å². The van der Waals surface area contributed by atoms with E-state index < -0.39 is 16.0 Å². The molecule has 1 unspecified atom stereocenters. The zero-order valence-corrected chi connectivity index (χ0v) is 20.1. The first-order valence-corrected chi connectivity index (χ1v) is 11.3. The molecule has 2 aromatic rings. The molecule has 0 bridgehead atoms. The smallest absolute Gasteiger partial charge is 0.550 e. The molecule has 1 atom stereocenters. The first kappa shape index (κ1) is 24.4. The van der Waals surface area contributed by atoms with Crippen molar-refractivity contribution in [2.75, 3.05) is 6.54 Å². The molecule has 29 heavy (non-hydrogen) atoms. The Morgan fingerprint density at radius 3 is 2.45 bits per heavy atom. The molecule has 5 nitrogen and oxygen atoms in total. The van der Waals surface area contributed by atoms with E-state index >= 15 is 0 Å². The molecule has 0 saturated carbocycles. The van der Waals surface area contributed by atoms with Gasteiger partial charge in [-0.2, -0.15) is 0 Å². The second-order valence-electron chi connectivity index (χ2n) is 7.27. The van der Waals surface area contributed by atoms with Gasteiger partial charge in [-0.15, -0.1) is 0 Å². The molecular weight excluding hydrogens is 421 g/mol. The summed E-state index contributed by atoms with van der Waals surface area (Å²) < 4.78 is 27.1. The van der Waals surface area contributed by atoms with Gasteiger partial charge in [0.15, 0.2) is 0 Å². The van der Waals surface area contributed by atoms with Crippen molar-refractivity contribution < 1.29 is 47.9 Å². The minimum absolute atomic E-state index is 0. The Morgan fingerprint density at radius 1 is 1.07 bits per heavy atom. The van der Waals surface area contributed by atoms with Gasteiger partial charge in [-0.25, -0.2) is 13.1 Å². The summed E-state index contributed by atoms with van der Waals surface area (Å²) >= 11 is 5.79. The summed E-state index contributed by atoms with van der Waals surface area (Å²) in [6, 6.07) is 12.0. The fraction of sp³-hybridized carbons (Fsp3) is 0.381. The van der Waals surface area contributed by atoms with Gasteiger partial charge in [-0.1, -0.05) is 36.2 Å². The maximum Gasteiger partial charge on any atom is 1.00 e. The standard InChI is InChI=1S/C21H24ClNO4S.Na/c22-19-6-8-20(9-7-19)28(26,27)23-10-2-1-3-15-11-17-5-4-16(14-21(24)25)13-18(17)12-15;/h4-9,13,15,23H,1-3,10-12,14H2,(H,24,25);/q;+1/p-1. The van der Waals surface area contributed by atoms with Gasteiger partial charge in [-0.3, -0.25) is 0 Å². The number of fused-ring (bicyclic) bond motifs is 1. The molecule has 0 heterocycles. The van der Waals surface area contributed by atoms with E-state index in [0.717, 1.165) is 37.7 Å². The summed E-state index contributed by atoms with van der Waals surface area (Å²) in [6.07, 6.45) is 4.63. The maximum atomic E-state index is 12.2. The van der Waals surface area contributed by atoms with Crippen molar-refractivity contribution in [1.82, 2.24) is 4.72 Å². The molecular formula is C21H23ClNNaO4S. The van der Waals surface area contributed by atoms with Gasteiger partial charge in [0.05, 0.1) is 4.90 Å². The van der Waals surface area contributed by atoms with Crippen LogP contribution in [0.4, 0.5) is 0 Å². The number of carboxylic acids is 1. The van der Waals surface area contributed by atoms with Gasteiger partial charge in [-0.05, 0) is 72.6 Å². The minimum Gasteiger partial charge on any atom is -0.550 e. The average molecular weight is 444 g/mol. The van der Waals surface area contributed by atoms with E-state index in [4.69, 9.17) is 11.6 Å². The molecule has 1 N–H and O–H groups in total. The van der Waals surface area contributed by atoms with Crippen LogP contribution in [-0.2, 0) is 34.1 Å². The molecule has 0 fully saturated rings. The van der Waals surface area contributed by atoms with E-state index in [1.54, 1.807) is 12.1 Å². The number of hydrogen-bond acceptors (Lipinski definition) is 4. The zero-order chi connectivity index (χ0) is 20.1. The van der Waals surface area contributed by atoms with Gasteiger partial charge in [0.25, 0.3) is 0 Å². The molecule has 8 heteroatoms. The Kier molecular flexibility index (Phi) is 9.19. The van der Waals surface area contributed by atoms with Gasteiger partial charge < -0.3 is 9.90 Å². The summed E-state index contributed by atoms with van der Waals surface area (Å²) in [5, 5.41) is 11.2. The molecule has 0 aromatic heterocycles. The van der Waals surface area contributed by atoms with Crippen LogP contribution in [0.5, 0.6) is 0 Å². The Morgan fingerprint density at radius 2 is 1.76 bits per heavy atom. The van der Waals surface area contributed by atoms with Crippen LogP contribution >= 0.6 is 11.6 Å². The Bertz CT molecular complexity index is 948. The summed E-state index contributed by atoms with van der Waals surface area (Å²) in [4.78, 5) is 11.0. The molecule has 0 radical (unpaired) electrons. The number of carbonyl (C=O) groups excluding carboxylic acids is 1. The van der Waals surface area contributed by atoms with E-state index in [1.165, 1.54) is 23.3 Å². The SMILES string of the molecule is O=C([O-])Cc1ccc2c(c1)CC(CCCCNS(=O)(=O)c1ccc(Cl)cc1)C2.[Na+]. The van der Waals surface area contributed by atoms with Crippen molar-refractivity contribution in [3.05, 3.63) is 64.2 Å². The van der Waals surface area contributed by atoms with Crippen molar-refractivity contribution >= 4 is 27.6 Å². The third kappa shape index (κ3) is 7.09. The van der Waals surface area contributed by atoms with E-state index in [2.05, 4.69) is 4.72 Å². The number of hydrogen-bond donors (Lipinski definition) is 1. The van der Waals surface area contributed by atoms with Crippen LogP contribution in [-0.4, -0.2) is 20.9 Å². The Balaban J connectivity index is 0.00000300. The van der Waals surface area contributed by atoms with Gasteiger partial charge in [0.2, 0.25) is 10.0 Å². The van der Waals surface area contributed by atoms with E-state index in [1.807, 2.05) is 18.2 Å². The number of halogens is 1. The van der Waals surface area contributed by atoms with Crippen molar-refractivity contribution in [3.63, 3.8) is 0 Å². The van der Waals surface area contributed by atoms with Gasteiger partial charge in [0.1, 0.15) is 0 Å². The van der Waals surface area contributed by atoms with E-state index in [-0.39, 0.29) is 40.9 Å². The number of sulfonamides is 1. The van der Waals surface area contributed by atoms with E-state index in [0.29, 0.717) is 17.5 Å². The summed E-state index contributed by atoms with van der Waals surface area (Å²) in [7, 11) is -3.50. The van der Waals surface area contributed by atoms with Gasteiger partial charge >= 0.3 is 29.6 Å². The fourth-order valence-corrected chi connectivity index (χ4v) is 4.91. The Labute approximate surface area is 199 Å². The molecule has 2 aromatic carbocycles. The number of aliphatic carboxylic acids is 1. The summed E-state index contributed by atoms with van der Waals surface area (Å²) in [5.41, 5.74) is 3.30. The Hall–Kier alpha value is -0.890. The van der Waals surface area contributed by atoms with Crippen LogP contribution in [0.3, 0.4) is 0 Å². The number of nitrogens with one attached hydrogen (secondary N) is 1.